The van der Waals surface area contributed by atoms with Crippen molar-refractivity contribution in [3.63, 3.8) is 0 Å². The molecule has 0 fully saturated rings. The molecule has 0 aliphatic carbocycles. The van der Waals surface area contributed by atoms with Gasteiger partial charge in [-0.1, -0.05) is 60.7 Å². The first-order valence-electron chi connectivity index (χ1n) is 9.04. The van der Waals surface area contributed by atoms with E-state index in [1.807, 2.05) is 48.5 Å². The van der Waals surface area contributed by atoms with Gasteiger partial charge in [0.15, 0.2) is 6.10 Å². The third kappa shape index (κ3) is 5.45. The molecule has 5 nitrogen and oxygen atoms in total. The second-order valence-electron chi connectivity index (χ2n) is 6.54. The molecule has 2 N–H and O–H groups in total. The van der Waals surface area contributed by atoms with Crippen molar-refractivity contribution in [3.8, 4) is 11.3 Å². The second-order valence-corrected chi connectivity index (χ2v) is 6.54. The Morgan fingerprint density at radius 3 is 2.31 bits per heavy atom. The number of alkyl halides is 3. The van der Waals surface area contributed by atoms with Crippen molar-refractivity contribution in [1.29, 1.82) is 0 Å². The van der Waals surface area contributed by atoms with Gasteiger partial charge < -0.3 is 10.4 Å². The van der Waals surface area contributed by atoms with Gasteiger partial charge >= 0.3 is 6.18 Å². The van der Waals surface area contributed by atoms with Crippen LogP contribution in [0.25, 0.3) is 11.3 Å². The summed E-state index contributed by atoms with van der Waals surface area (Å²) in [4.78, 5) is 12.6. The zero-order valence-corrected chi connectivity index (χ0v) is 15.4. The molecule has 0 unspecified atom stereocenters. The lowest BCUT2D eigenvalue weighted by atomic mass is 10.1. The van der Waals surface area contributed by atoms with Crippen LogP contribution in [0.5, 0.6) is 0 Å². The lowest BCUT2D eigenvalue weighted by molar-refractivity contribution is -0.204. The molecular weight excluding hydrogens is 383 g/mol. The molecule has 3 rings (SSSR count). The number of aromatic nitrogens is 2. The molecule has 0 radical (unpaired) electrons. The standard InChI is InChI=1S/C21H20F3N3O2/c22-21(23,24)18(28)11-12-25-20(29)17-14-27(13-15-7-3-1-4-8-15)26-19(17)16-9-5-2-6-10-16/h1-10,14,18,28H,11-13H2,(H,25,29)/t18-/m1/s1. The van der Waals surface area contributed by atoms with Crippen LogP contribution in [0.2, 0.25) is 0 Å². The van der Waals surface area contributed by atoms with Gasteiger partial charge in [-0.2, -0.15) is 18.3 Å². The number of nitrogens with zero attached hydrogens (tertiary/aromatic N) is 2. The first-order valence-corrected chi connectivity index (χ1v) is 9.04. The molecule has 3 aromatic rings. The van der Waals surface area contributed by atoms with E-state index in [1.54, 1.807) is 23.0 Å². The Hall–Kier alpha value is -3.13. The lowest BCUT2D eigenvalue weighted by Crippen LogP contribution is -2.34. The van der Waals surface area contributed by atoms with E-state index in [0.717, 1.165) is 11.1 Å². The van der Waals surface area contributed by atoms with Gasteiger partial charge in [-0.3, -0.25) is 9.48 Å². The zero-order valence-electron chi connectivity index (χ0n) is 15.4. The normalized spacial score (nSPS) is 12.6. The molecule has 0 aliphatic rings. The van der Waals surface area contributed by atoms with Crippen LogP contribution in [0.4, 0.5) is 13.2 Å². The zero-order chi connectivity index (χ0) is 20.9. The van der Waals surface area contributed by atoms with E-state index in [9.17, 15) is 18.0 Å². The summed E-state index contributed by atoms with van der Waals surface area (Å²) in [6.45, 7) is 0.137. The van der Waals surface area contributed by atoms with Crippen molar-refractivity contribution < 1.29 is 23.1 Å². The van der Waals surface area contributed by atoms with Gasteiger partial charge in [-0.05, 0) is 12.0 Å². The van der Waals surface area contributed by atoms with Crippen LogP contribution in [0, 0.1) is 0 Å². The molecule has 0 saturated heterocycles. The van der Waals surface area contributed by atoms with Gasteiger partial charge in [-0.15, -0.1) is 0 Å². The van der Waals surface area contributed by atoms with E-state index in [4.69, 9.17) is 5.11 Å². The number of aliphatic hydroxyl groups is 1. The predicted molar refractivity (Wildman–Crippen MR) is 102 cm³/mol. The first kappa shape index (κ1) is 20.6. The van der Waals surface area contributed by atoms with Gasteiger partial charge in [0.25, 0.3) is 5.91 Å². The van der Waals surface area contributed by atoms with E-state index in [1.165, 1.54) is 0 Å². The van der Waals surface area contributed by atoms with Crippen LogP contribution < -0.4 is 5.32 Å². The highest BCUT2D eigenvalue weighted by Crippen LogP contribution is 2.23. The summed E-state index contributed by atoms with van der Waals surface area (Å²) in [5.41, 5.74) is 2.42. The first-order chi connectivity index (χ1) is 13.8. The summed E-state index contributed by atoms with van der Waals surface area (Å²) in [6, 6.07) is 18.6. The Labute approximate surface area is 165 Å². The Bertz CT molecular complexity index is 941. The van der Waals surface area contributed by atoms with Crippen molar-refractivity contribution in [3.05, 3.63) is 78.0 Å². The molecule has 1 aromatic heterocycles. The van der Waals surface area contributed by atoms with Gasteiger partial charge in [0, 0.05) is 18.3 Å². The molecule has 1 amide bonds. The smallest absolute Gasteiger partial charge is 0.384 e. The van der Waals surface area contributed by atoms with Gasteiger partial charge in [-0.25, -0.2) is 0 Å². The van der Waals surface area contributed by atoms with Crippen LogP contribution in [-0.2, 0) is 6.54 Å². The summed E-state index contributed by atoms with van der Waals surface area (Å²) in [6.07, 6.45) is -6.23. The Kier molecular flexibility index (Phi) is 6.33. The van der Waals surface area contributed by atoms with Gasteiger partial charge in [0.1, 0.15) is 5.69 Å². The largest absolute Gasteiger partial charge is 0.414 e. The Morgan fingerprint density at radius 2 is 1.69 bits per heavy atom. The van der Waals surface area contributed by atoms with E-state index in [2.05, 4.69) is 10.4 Å². The second kappa shape index (κ2) is 8.91. The molecule has 1 heterocycles. The van der Waals surface area contributed by atoms with E-state index in [-0.39, 0.29) is 12.1 Å². The minimum absolute atomic E-state index is 0.258. The van der Waals surface area contributed by atoms with Crippen molar-refractivity contribution in [2.24, 2.45) is 0 Å². The van der Waals surface area contributed by atoms with Gasteiger partial charge in [0.2, 0.25) is 0 Å². The number of carbonyl (C=O) groups is 1. The third-order valence-corrected chi connectivity index (χ3v) is 4.32. The highest BCUT2D eigenvalue weighted by Gasteiger charge is 2.37. The maximum atomic E-state index is 12.6. The summed E-state index contributed by atoms with van der Waals surface area (Å²) < 4.78 is 38.9. The predicted octanol–water partition coefficient (Wildman–Crippen LogP) is 3.64. The van der Waals surface area contributed by atoms with E-state index >= 15 is 0 Å². The maximum Gasteiger partial charge on any atom is 0.414 e. The van der Waals surface area contributed by atoms with Crippen molar-refractivity contribution in [2.45, 2.75) is 25.2 Å². The molecule has 0 spiro atoms. The minimum Gasteiger partial charge on any atom is -0.384 e. The molecule has 0 aliphatic heterocycles. The fourth-order valence-corrected chi connectivity index (χ4v) is 2.83. The SMILES string of the molecule is O=C(NCC[C@@H](O)C(F)(F)F)c1cn(Cc2ccccc2)nc1-c1ccccc1. The number of hydrogen-bond acceptors (Lipinski definition) is 3. The molecule has 152 valence electrons. The molecule has 8 heteroatoms. The topological polar surface area (TPSA) is 67.2 Å². The highest BCUT2D eigenvalue weighted by molar-refractivity contribution is 5.99. The van der Waals surface area contributed by atoms with Crippen molar-refractivity contribution in [2.75, 3.05) is 6.54 Å². The maximum absolute atomic E-state index is 12.6. The summed E-state index contributed by atoms with van der Waals surface area (Å²) in [5.74, 6) is -0.544. The number of benzene rings is 2. The minimum atomic E-state index is -4.71. The number of carbonyl (C=O) groups excluding carboxylic acids is 1. The van der Waals surface area contributed by atoms with Crippen LogP contribution in [0.1, 0.15) is 22.3 Å². The molecule has 0 bridgehead atoms. The molecule has 2 aromatic carbocycles. The molecule has 0 saturated carbocycles. The monoisotopic (exact) mass is 403 g/mol. The fourth-order valence-electron chi connectivity index (χ4n) is 2.83. The highest BCUT2D eigenvalue weighted by atomic mass is 19.4. The molecule has 1 atom stereocenters. The average molecular weight is 403 g/mol. The molecular formula is C21H20F3N3O2. The third-order valence-electron chi connectivity index (χ3n) is 4.32. The quantitative estimate of drug-likeness (QED) is 0.633. The number of hydrogen-bond donors (Lipinski definition) is 2. The summed E-state index contributed by atoms with van der Waals surface area (Å²) in [7, 11) is 0. The van der Waals surface area contributed by atoms with E-state index in [0.29, 0.717) is 12.2 Å². The van der Waals surface area contributed by atoms with Gasteiger partial charge in [0.05, 0.1) is 12.1 Å². The van der Waals surface area contributed by atoms with Crippen LogP contribution in [0.15, 0.2) is 66.9 Å². The number of aliphatic hydroxyl groups excluding tert-OH is 1. The Morgan fingerprint density at radius 1 is 1.07 bits per heavy atom. The van der Waals surface area contributed by atoms with Crippen LogP contribution in [-0.4, -0.2) is 39.6 Å². The number of nitrogens with one attached hydrogen (secondary N) is 1. The summed E-state index contributed by atoms with van der Waals surface area (Å²) in [5, 5.41) is 16.0. The Balaban J connectivity index is 1.79. The van der Waals surface area contributed by atoms with Crippen LogP contribution in [0.3, 0.4) is 0 Å². The fraction of sp³-hybridized carbons (Fsp3) is 0.238. The number of halogens is 3. The number of amides is 1. The molecule has 29 heavy (non-hydrogen) atoms. The van der Waals surface area contributed by atoms with Crippen molar-refractivity contribution in [1.82, 2.24) is 15.1 Å². The van der Waals surface area contributed by atoms with E-state index < -0.39 is 24.6 Å². The lowest BCUT2D eigenvalue weighted by Gasteiger charge is -2.14. The van der Waals surface area contributed by atoms with Crippen molar-refractivity contribution >= 4 is 5.91 Å². The van der Waals surface area contributed by atoms with Crippen LogP contribution >= 0.6 is 0 Å². The number of rotatable bonds is 7. The average Bonchev–Trinajstić information content (AvgIpc) is 3.12. The summed E-state index contributed by atoms with van der Waals surface area (Å²) >= 11 is 0.